The molecule has 4 nitrogen and oxygen atoms in total. The molecular weight excluding hydrogens is 407 g/mol. The summed E-state index contributed by atoms with van der Waals surface area (Å²) in [7, 11) is 0. The minimum atomic E-state index is -0.898. The molecule has 0 saturated heterocycles. The van der Waals surface area contributed by atoms with Crippen molar-refractivity contribution in [1.29, 1.82) is 0 Å². The fourth-order valence-electron chi connectivity index (χ4n) is 3.60. The molecule has 0 aliphatic carbocycles. The maximum atomic E-state index is 11.9. The minimum Gasteiger partial charge on any atom is -0.478 e. The summed E-state index contributed by atoms with van der Waals surface area (Å²) in [6, 6.07) is 15.4. The molecule has 2 aromatic carbocycles. The molecule has 152 valence electrons. The van der Waals surface area contributed by atoms with E-state index >= 15 is 0 Å². The van der Waals surface area contributed by atoms with Crippen molar-refractivity contribution < 1.29 is 9.90 Å². The number of carboxylic acid groups (broad SMARTS) is 1. The predicted molar refractivity (Wildman–Crippen MR) is 118 cm³/mol. The van der Waals surface area contributed by atoms with Crippen molar-refractivity contribution in [2.75, 3.05) is 6.54 Å². The van der Waals surface area contributed by atoms with Gasteiger partial charge in [-0.3, -0.25) is 0 Å². The molecule has 0 amide bonds. The summed E-state index contributed by atoms with van der Waals surface area (Å²) in [4.78, 5) is 11.9. The van der Waals surface area contributed by atoms with Gasteiger partial charge in [-0.25, -0.2) is 4.79 Å². The second-order valence-electron chi connectivity index (χ2n) is 7.10. The summed E-state index contributed by atoms with van der Waals surface area (Å²) in [5, 5.41) is 14.6. The molecule has 0 fully saturated rings. The van der Waals surface area contributed by atoms with E-state index in [1.54, 1.807) is 0 Å². The first-order valence-corrected chi connectivity index (χ1v) is 10.2. The minimum absolute atomic E-state index is 0.378. The lowest BCUT2D eigenvalue weighted by Crippen LogP contribution is -2.18. The predicted octanol–water partition coefficient (Wildman–Crippen LogP) is 5.49. The average molecular weight is 431 g/mol. The zero-order chi connectivity index (χ0) is 21.0. The lowest BCUT2D eigenvalue weighted by molar-refractivity contribution is 0.0694. The number of nitrogens with one attached hydrogen (secondary N) is 1. The molecule has 0 aliphatic rings. The number of carbonyl (C=O) groups is 1. The number of benzene rings is 2. The van der Waals surface area contributed by atoms with Gasteiger partial charge in [-0.05, 0) is 62.2 Å². The number of carboxylic acids is 1. The van der Waals surface area contributed by atoms with Gasteiger partial charge >= 0.3 is 5.97 Å². The van der Waals surface area contributed by atoms with Crippen LogP contribution in [-0.2, 0) is 19.5 Å². The van der Waals surface area contributed by atoms with E-state index in [0.717, 1.165) is 40.5 Å². The van der Waals surface area contributed by atoms with Crippen LogP contribution in [0.15, 0.2) is 48.5 Å². The van der Waals surface area contributed by atoms with Crippen molar-refractivity contribution in [2.45, 2.75) is 33.4 Å². The van der Waals surface area contributed by atoms with Gasteiger partial charge in [0.05, 0.1) is 5.56 Å². The quantitative estimate of drug-likeness (QED) is 0.464. The fraction of sp³-hybridized carbons (Fsp3) is 0.261. The van der Waals surface area contributed by atoms with Crippen molar-refractivity contribution in [1.82, 2.24) is 9.88 Å². The van der Waals surface area contributed by atoms with Crippen molar-refractivity contribution in [3.63, 3.8) is 0 Å². The molecule has 3 rings (SSSR count). The van der Waals surface area contributed by atoms with E-state index in [9.17, 15) is 9.90 Å². The van der Waals surface area contributed by atoms with Gasteiger partial charge in [0.1, 0.15) is 0 Å². The summed E-state index contributed by atoms with van der Waals surface area (Å²) >= 11 is 12.0. The van der Waals surface area contributed by atoms with Crippen LogP contribution in [0.3, 0.4) is 0 Å². The second kappa shape index (κ2) is 9.49. The Morgan fingerprint density at radius 3 is 2.38 bits per heavy atom. The Morgan fingerprint density at radius 2 is 1.72 bits per heavy atom. The maximum Gasteiger partial charge on any atom is 0.337 e. The molecule has 2 N–H and O–H groups in total. The topological polar surface area (TPSA) is 54.3 Å². The molecular formula is C23H24Cl2N2O2. The number of aromatic nitrogens is 1. The number of aromatic carboxylic acids is 1. The van der Waals surface area contributed by atoms with Crippen LogP contribution in [0.5, 0.6) is 0 Å². The molecule has 3 aromatic rings. The van der Waals surface area contributed by atoms with E-state index in [1.807, 2.05) is 66.9 Å². The van der Waals surface area contributed by atoms with Crippen LogP contribution < -0.4 is 5.32 Å². The van der Waals surface area contributed by atoms with Crippen molar-refractivity contribution >= 4 is 29.2 Å². The van der Waals surface area contributed by atoms with Crippen LogP contribution in [0.4, 0.5) is 0 Å². The van der Waals surface area contributed by atoms with Crippen LogP contribution in [-0.4, -0.2) is 22.2 Å². The molecule has 29 heavy (non-hydrogen) atoms. The smallest absolute Gasteiger partial charge is 0.337 e. The Bertz CT molecular complexity index is 1010. The standard InChI is InChI=1S/C23H24Cl2N2O2/c1-15-21(13-26-11-10-17-6-8-19(24)9-7-17)22(23(28)29)16(2)27(15)14-18-4-3-5-20(25)12-18/h3-9,12,26H,10-11,13-14H2,1-2H3,(H,28,29). The highest BCUT2D eigenvalue weighted by Gasteiger charge is 2.22. The lowest BCUT2D eigenvalue weighted by Gasteiger charge is -2.11. The first-order valence-electron chi connectivity index (χ1n) is 9.48. The van der Waals surface area contributed by atoms with Gasteiger partial charge in [-0.15, -0.1) is 0 Å². The van der Waals surface area contributed by atoms with Gasteiger partial charge in [-0.1, -0.05) is 47.5 Å². The van der Waals surface area contributed by atoms with E-state index in [-0.39, 0.29) is 0 Å². The van der Waals surface area contributed by atoms with Gasteiger partial charge in [0.25, 0.3) is 0 Å². The van der Waals surface area contributed by atoms with E-state index in [1.165, 1.54) is 5.56 Å². The Hall–Kier alpha value is -2.27. The van der Waals surface area contributed by atoms with Gasteiger partial charge in [-0.2, -0.15) is 0 Å². The third-order valence-corrected chi connectivity index (χ3v) is 5.65. The van der Waals surface area contributed by atoms with E-state index in [0.29, 0.717) is 23.7 Å². The normalized spacial score (nSPS) is 11.0. The van der Waals surface area contributed by atoms with Crippen molar-refractivity contribution in [3.8, 4) is 0 Å². The SMILES string of the molecule is Cc1c(CNCCc2ccc(Cl)cc2)c(C(=O)O)c(C)n1Cc1cccc(Cl)c1. The van der Waals surface area contributed by atoms with Gasteiger partial charge in [0.15, 0.2) is 0 Å². The van der Waals surface area contributed by atoms with Gasteiger partial charge in [0.2, 0.25) is 0 Å². The molecule has 6 heteroatoms. The molecule has 0 aliphatic heterocycles. The Labute approximate surface area is 181 Å². The summed E-state index contributed by atoms with van der Waals surface area (Å²) in [6.07, 6.45) is 0.848. The number of halogens is 2. The number of rotatable bonds is 8. The third kappa shape index (κ3) is 5.21. The highest BCUT2D eigenvalue weighted by molar-refractivity contribution is 6.30. The maximum absolute atomic E-state index is 11.9. The summed E-state index contributed by atoms with van der Waals surface area (Å²) in [6.45, 7) is 5.67. The van der Waals surface area contributed by atoms with Crippen molar-refractivity contribution in [3.05, 3.63) is 92.2 Å². The monoisotopic (exact) mass is 430 g/mol. The molecule has 0 spiro atoms. The Balaban J connectivity index is 1.75. The molecule has 1 heterocycles. The molecule has 0 bridgehead atoms. The number of hydrogen-bond acceptors (Lipinski definition) is 2. The molecule has 0 unspecified atom stereocenters. The van der Waals surface area contributed by atoms with Crippen LogP contribution in [0.2, 0.25) is 10.0 Å². The molecule has 0 saturated carbocycles. The summed E-state index contributed by atoms with van der Waals surface area (Å²) in [5.74, 6) is -0.898. The van der Waals surface area contributed by atoms with Gasteiger partial charge in [0, 0.05) is 40.1 Å². The molecule has 0 radical (unpaired) electrons. The van der Waals surface area contributed by atoms with Crippen LogP contribution in [0, 0.1) is 13.8 Å². The zero-order valence-corrected chi connectivity index (χ0v) is 18.0. The van der Waals surface area contributed by atoms with Crippen LogP contribution >= 0.6 is 23.2 Å². The highest BCUT2D eigenvalue weighted by atomic mass is 35.5. The van der Waals surface area contributed by atoms with Gasteiger partial charge < -0.3 is 15.0 Å². The second-order valence-corrected chi connectivity index (χ2v) is 7.97. The van der Waals surface area contributed by atoms with Crippen molar-refractivity contribution in [2.24, 2.45) is 0 Å². The Morgan fingerprint density at radius 1 is 1.00 bits per heavy atom. The Kier molecular flexibility index (Phi) is 7.01. The first-order chi connectivity index (χ1) is 13.9. The first kappa shape index (κ1) is 21.4. The highest BCUT2D eigenvalue weighted by Crippen LogP contribution is 2.24. The van der Waals surface area contributed by atoms with E-state index in [4.69, 9.17) is 23.2 Å². The summed E-state index contributed by atoms with van der Waals surface area (Å²) in [5.41, 5.74) is 5.14. The van der Waals surface area contributed by atoms with E-state index in [2.05, 4.69) is 5.32 Å². The van der Waals surface area contributed by atoms with Crippen LogP contribution in [0.1, 0.15) is 38.4 Å². The lowest BCUT2D eigenvalue weighted by atomic mass is 10.1. The fourth-order valence-corrected chi connectivity index (χ4v) is 3.94. The number of nitrogens with zero attached hydrogens (tertiary/aromatic N) is 1. The van der Waals surface area contributed by atoms with Crippen LogP contribution in [0.25, 0.3) is 0 Å². The molecule has 0 atom stereocenters. The largest absolute Gasteiger partial charge is 0.478 e. The summed E-state index contributed by atoms with van der Waals surface area (Å²) < 4.78 is 2.05. The molecule has 1 aromatic heterocycles. The number of hydrogen-bond donors (Lipinski definition) is 2. The third-order valence-electron chi connectivity index (χ3n) is 5.16. The average Bonchev–Trinajstić information content (AvgIpc) is 2.91. The zero-order valence-electron chi connectivity index (χ0n) is 16.5. The van der Waals surface area contributed by atoms with E-state index < -0.39 is 5.97 Å².